The van der Waals surface area contributed by atoms with Gasteiger partial charge >= 0.3 is 0 Å². The van der Waals surface area contributed by atoms with Crippen LogP contribution in [-0.2, 0) is 11.4 Å². The largest absolute Gasteiger partial charge is 0.492 e. The quantitative estimate of drug-likeness (QED) is 0.172. The summed E-state index contributed by atoms with van der Waals surface area (Å²) in [5, 5.41) is 16.9. The average molecular weight is 609 g/mol. The Hall–Kier alpha value is -4.36. The van der Waals surface area contributed by atoms with Gasteiger partial charge in [0.1, 0.15) is 24.2 Å². The van der Waals surface area contributed by atoms with E-state index in [0.717, 1.165) is 0 Å². The second-order valence-corrected chi connectivity index (χ2v) is 10.2. The molecule has 0 aliphatic heterocycles. The molecular weight excluding hydrogens is 580 g/mol. The molecule has 0 spiro atoms. The first-order valence-electron chi connectivity index (χ1n) is 12.9. The number of aromatic nitrogens is 1. The Balaban J connectivity index is 1.67. The van der Waals surface area contributed by atoms with Gasteiger partial charge in [-0.1, -0.05) is 41.4 Å². The maximum absolute atomic E-state index is 13.5. The minimum atomic E-state index is -0.373. The highest BCUT2D eigenvalue weighted by atomic mass is 35.5. The molecule has 1 aromatic heterocycles. The first-order chi connectivity index (χ1) is 20.2. The van der Waals surface area contributed by atoms with Crippen LogP contribution in [0.1, 0.15) is 18.1 Å². The summed E-state index contributed by atoms with van der Waals surface area (Å²) in [7, 11) is 3.81. The maximum atomic E-state index is 13.5. The summed E-state index contributed by atoms with van der Waals surface area (Å²) in [5.74, 6) is -0.0265. The highest BCUT2D eigenvalue weighted by Gasteiger charge is 2.17. The number of fused-ring (bicyclic) bond motifs is 1. The van der Waals surface area contributed by atoms with Gasteiger partial charge in [-0.15, -0.1) is 0 Å². The van der Waals surface area contributed by atoms with Gasteiger partial charge in [-0.2, -0.15) is 5.26 Å². The molecule has 1 amide bonds. The lowest BCUT2D eigenvalue weighted by Gasteiger charge is -2.17. The summed E-state index contributed by atoms with van der Waals surface area (Å²) in [6, 6.07) is 14.8. The number of nitrogens with one attached hydrogen (secondary N) is 2. The van der Waals surface area contributed by atoms with E-state index in [2.05, 4.69) is 21.7 Å². The number of carbonyl (C=O) groups excluding carboxylic acids is 1. The van der Waals surface area contributed by atoms with Crippen LogP contribution >= 0.6 is 23.2 Å². The standard InChI is InChI=1S/C31H28Cl2FN5O3/c1-4-41-28-15-26-23(14-27(28)38-29(40)9-6-10-39(2)3)30(20(16-35)17-36-26)37-22-12-24(32)31(25(33)13-22)42-18-19-7-5-8-21(34)11-19/h5-9,11-15,17H,4,10,18H2,1-3H3,(H,36,37)(H,38,40)/b9-6+. The molecule has 8 nitrogen and oxygen atoms in total. The molecule has 0 fully saturated rings. The fourth-order valence-corrected chi connectivity index (χ4v) is 4.65. The summed E-state index contributed by atoms with van der Waals surface area (Å²) in [4.78, 5) is 19.0. The fourth-order valence-electron chi connectivity index (χ4n) is 4.05. The van der Waals surface area contributed by atoms with Gasteiger partial charge in [0.25, 0.3) is 0 Å². The van der Waals surface area contributed by atoms with Crippen molar-refractivity contribution in [2.24, 2.45) is 0 Å². The molecule has 0 saturated carbocycles. The number of nitriles is 1. The third-order valence-electron chi connectivity index (χ3n) is 5.93. The van der Waals surface area contributed by atoms with E-state index in [1.54, 1.807) is 42.5 Å². The van der Waals surface area contributed by atoms with Crippen LogP contribution in [0.15, 0.2) is 66.9 Å². The summed E-state index contributed by atoms with van der Waals surface area (Å²) in [6.45, 7) is 2.88. The number of ether oxygens (including phenoxy) is 2. The zero-order valence-corrected chi connectivity index (χ0v) is 24.7. The van der Waals surface area contributed by atoms with Gasteiger partial charge in [-0.3, -0.25) is 9.78 Å². The van der Waals surface area contributed by atoms with E-state index in [4.69, 9.17) is 32.7 Å². The van der Waals surface area contributed by atoms with Crippen molar-refractivity contribution in [1.29, 1.82) is 5.26 Å². The molecule has 11 heteroatoms. The Labute approximate surface area is 253 Å². The van der Waals surface area contributed by atoms with Gasteiger partial charge in [0.2, 0.25) is 5.91 Å². The molecule has 0 saturated heterocycles. The first-order valence-corrected chi connectivity index (χ1v) is 13.7. The highest BCUT2D eigenvalue weighted by molar-refractivity contribution is 6.37. The number of anilines is 3. The number of pyridine rings is 1. The van der Waals surface area contributed by atoms with Crippen molar-refractivity contribution in [3.05, 3.63) is 93.9 Å². The lowest BCUT2D eigenvalue weighted by Crippen LogP contribution is -2.13. The Kier molecular flexibility index (Phi) is 10.2. The molecule has 0 aliphatic rings. The first kappa shape index (κ1) is 30.6. The van der Waals surface area contributed by atoms with E-state index in [0.29, 0.717) is 52.4 Å². The van der Waals surface area contributed by atoms with Gasteiger partial charge in [0.05, 0.1) is 39.1 Å². The average Bonchev–Trinajstić information content (AvgIpc) is 2.93. The van der Waals surface area contributed by atoms with Crippen molar-refractivity contribution in [2.45, 2.75) is 13.5 Å². The lowest BCUT2D eigenvalue weighted by atomic mass is 10.1. The van der Waals surface area contributed by atoms with Crippen molar-refractivity contribution in [3.8, 4) is 17.6 Å². The molecule has 4 rings (SSSR count). The lowest BCUT2D eigenvalue weighted by molar-refractivity contribution is -0.111. The fraction of sp³-hybridized carbons (Fsp3) is 0.194. The Bertz CT molecular complexity index is 1660. The number of hydrogen-bond acceptors (Lipinski definition) is 7. The summed E-state index contributed by atoms with van der Waals surface area (Å²) in [5.41, 5.74) is 2.75. The zero-order chi connectivity index (χ0) is 30.2. The van der Waals surface area contributed by atoms with E-state index in [9.17, 15) is 14.4 Å². The minimum Gasteiger partial charge on any atom is -0.492 e. The molecule has 4 aromatic rings. The predicted molar refractivity (Wildman–Crippen MR) is 164 cm³/mol. The monoisotopic (exact) mass is 607 g/mol. The second-order valence-electron chi connectivity index (χ2n) is 9.42. The number of hydrogen-bond donors (Lipinski definition) is 2. The maximum Gasteiger partial charge on any atom is 0.248 e. The number of carbonyl (C=O) groups is 1. The molecule has 0 radical (unpaired) electrons. The molecule has 1 heterocycles. The number of likely N-dealkylation sites (N-methyl/N-ethyl adjacent to an activating group) is 1. The normalized spacial score (nSPS) is 11.1. The Morgan fingerprint density at radius 2 is 1.90 bits per heavy atom. The second kappa shape index (κ2) is 14.0. The summed E-state index contributed by atoms with van der Waals surface area (Å²) in [6.07, 6.45) is 4.64. The molecule has 0 aliphatic carbocycles. The Morgan fingerprint density at radius 1 is 1.14 bits per heavy atom. The molecular formula is C31H28Cl2FN5O3. The van der Waals surface area contributed by atoms with Crippen LogP contribution < -0.4 is 20.1 Å². The third-order valence-corrected chi connectivity index (χ3v) is 6.49. The third kappa shape index (κ3) is 7.68. The predicted octanol–water partition coefficient (Wildman–Crippen LogP) is 7.33. The Morgan fingerprint density at radius 3 is 2.57 bits per heavy atom. The van der Waals surface area contributed by atoms with Crippen molar-refractivity contribution in [3.63, 3.8) is 0 Å². The number of amides is 1. The topological polar surface area (TPSA) is 99.5 Å². The van der Waals surface area contributed by atoms with Crippen LogP contribution in [0.25, 0.3) is 10.9 Å². The number of nitrogens with zero attached hydrogens (tertiary/aromatic N) is 3. The van der Waals surface area contributed by atoms with E-state index >= 15 is 0 Å². The van der Waals surface area contributed by atoms with Gasteiger partial charge in [-0.25, -0.2) is 4.39 Å². The van der Waals surface area contributed by atoms with E-state index in [1.165, 1.54) is 24.4 Å². The van der Waals surface area contributed by atoms with E-state index in [1.807, 2.05) is 25.9 Å². The molecule has 3 aromatic carbocycles. The van der Waals surface area contributed by atoms with E-state index in [-0.39, 0.29) is 39.7 Å². The van der Waals surface area contributed by atoms with Gasteiger partial charge in [0, 0.05) is 36.0 Å². The van der Waals surface area contributed by atoms with Crippen LogP contribution in [0, 0.1) is 17.1 Å². The number of halogens is 3. The minimum absolute atomic E-state index is 0.0680. The van der Waals surface area contributed by atoms with Crippen LogP contribution in [0.5, 0.6) is 11.5 Å². The molecule has 0 bridgehead atoms. The van der Waals surface area contributed by atoms with Gasteiger partial charge < -0.3 is 25.0 Å². The van der Waals surface area contributed by atoms with Gasteiger partial charge in [-0.05, 0) is 56.9 Å². The zero-order valence-electron chi connectivity index (χ0n) is 23.2. The van der Waals surface area contributed by atoms with Crippen LogP contribution in [0.4, 0.5) is 21.5 Å². The van der Waals surface area contributed by atoms with Crippen molar-refractivity contribution < 1.29 is 18.7 Å². The van der Waals surface area contributed by atoms with E-state index < -0.39 is 0 Å². The van der Waals surface area contributed by atoms with Crippen molar-refractivity contribution >= 4 is 57.1 Å². The van der Waals surface area contributed by atoms with Crippen LogP contribution in [0.2, 0.25) is 10.0 Å². The molecule has 42 heavy (non-hydrogen) atoms. The summed E-state index contributed by atoms with van der Waals surface area (Å²) < 4.78 is 25.1. The number of benzene rings is 3. The smallest absolute Gasteiger partial charge is 0.248 e. The van der Waals surface area contributed by atoms with Crippen molar-refractivity contribution in [1.82, 2.24) is 9.88 Å². The highest BCUT2D eigenvalue weighted by Crippen LogP contribution is 2.40. The number of rotatable bonds is 11. The molecule has 0 unspecified atom stereocenters. The SMILES string of the molecule is CCOc1cc2ncc(C#N)c(Nc3cc(Cl)c(OCc4cccc(F)c4)c(Cl)c3)c2cc1NC(=O)/C=C/CN(C)C. The molecule has 2 N–H and O–H groups in total. The summed E-state index contributed by atoms with van der Waals surface area (Å²) >= 11 is 13.0. The molecule has 0 atom stereocenters. The van der Waals surface area contributed by atoms with Gasteiger partial charge in [0.15, 0.2) is 5.75 Å². The van der Waals surface area contributed by atoms with Crippen molar-refractivity contribution in [2.75, 3.05) is 37.9 Å². The van der Waals surface area contributed by atoms with Crippen LogP contribution in [-0.4, -0.2) is 43.0 Å². The molecule has 216 valence electrons. The van der Waals surface area contributed by atoms with Crippen LogP contribution in [0.3, 0.4) is 0 Å².